The van der Waals surface area contributed by atoms with Crippen LogP contribution in [0.1, 0.15) is 64.3 Å². The largest absolute Gasteiger partial charge is 0.489 e. The van der Waals surface area contributed by atoms with Crippen molar-refractivity contribution < 1.29 is 19.1 Å². The number of pyridine rings is 1. The number of primary amides is 1. The molecule has 12 nitrogen and oxygen atoms in total. The molecule has 0 saturated carbocycles. The number of rotatable bonds is 11. The summed E-state index contributed by atoms with van der Waals surface area (Å²) in [5, 5.41) is 10.2. The lowest BCUT2D eigenvalue weighted by Gasteiger charge is -2.27. The van der Waals surface area contributed by atoms with Gasteiger partial charge in [0.1, 0.15) is 23.6 Å². The third kappa shape index (κ3) is 6.11. The normalized spacial score (nSPS) is 14.2. The van der Waals surface area contributed by atoms with Gasteiger partial charge in [-0.15, -0.1) is 0 Å². The van der Waals surface area contributed by atoms with Crippen LogP contribution in [0.2, 0.25) is 0 Å². The average molecular weight is 557 g/mol. The Kier molecular flexibility index (Phi) is 8.09. The molecule has 1 aliphatic rings. The number of nitrogens with zero attached hydrogens (tertiary/aromatic N) is 5. The topological polar surface area (TPSA) is 159 Å². The number of benzene rings is 1. The van der Waals surface area contributed by atoms with Crippen LogP contribution in [-0.2, 0) is 11.3 Å². The molecule has 1 aromatic carbocycles. The second kappa shape index (κ2) is 12.0. The number of nitrogens with one attached hydrogen (secondary N) is 2. The summed E-state index contributed by atoms with van der Waals surface area (Å²) >= 11 is 0. The van der Waals surface area contributed by atoms with Gasteiger partial charge in [-0.3, -0.25) is 29.4 Å². The Labute approximate surface area is 236 Å². The number of ether oxygens (including phenoxy) is 1. The average Bonchev–Trinajstić information content (AvgIpc) is 3.54. The molecule has 212 valence electrons. The van der Waals surface area contributed by atoms with E-state index in [0.29, 0.717) is 48.1 Å². The van der Waals surface area contributed by atoms with Crippen LogP contribution in [-0.4, -0.2) is 55.2 Å². The molecule has 41 heavy (non-hydrogen) atoms. The summed E-state index contributed by atoms with van der Waals surface area (Å²) in [7, 11) is 0. The van der Waals surface area contributed by atoms with Crippen LogP contribution in [0.15, 0.2) is 48.8 Å². The molecule has 4 heterocycles. The first-order valence-electron chi connectivity index (χ1n) is 13.5. The fourth-order valence-corrected chi connectivity index (χ4v) is 4.92. The highest BCUT2D eigenvalue weighted by Crippen LogP contribution is 2.38. The van der Waals surface area contributed by atoms with Crippen molar-refractivity contribution in [2.45, 2.75) is 45.7 Å². The summed E-state index contributed by atoms with van der Waals surface area (Å²) in [6, 6.07) is 8.51. The third-order valence-electron chi connectivity index (χ3n) is 6.87. The SMILES string of the molecule is CCn1nc(C)cc1C(=O)Nc1nc2cc(C(N)=O)cc3c2n1C(CCCCNC(=O)/C=C/c1cccnc1)CO3. The number of carbonyl (C=O) groups is 3. The van der Waals surface area contributed by atoms with Crippen LogP contribution in [0.5, 0.6) is 5.75 Å². The van der Waals surface area contributed by atoms with E-state index in [4.69, 9.17) is 10.5 Å². The van der Waals surface area contributed by atoms with E-state index in [1.807, 2.05) is 30.5 Å². The quantitative estimate of drug-likeness (QED) is 0.189. The predicted octanol–water partition coefficient (Wildman–Crippen LogP) is 3.24. The van der Waals surface area contributed by atoms with Gasteiger partial charge >= 0.3 is 0 Å². The Morgan fingerprint density at radius 2 is 2.07 bits per heavy atom. The number of amides is 3. The van der Waals surface area contributed by atoms with Crippen LogP contribution in [0, 0.1) is 6.92 Å². The third-order valence-corrected chi connectivity index (χ3v) is 6.87. The molecular weight excluding hydrogens is 524 g/mol. The van der Waals surface area contributed by atoms with Crippen LogP contribution in [0.3, 0.4) is 0 Å². The van der Waals surface area contributed by atoms with Crippen LogP contribution < -0.4 is 21.1 Å². The van der Waals surface area contributed by atoms with E-state index in [-0.39, 0.29) is 23.4 Å². The standard InChI is InChI=1S/C29H32N8O4/c1-3-36-23(13-18(2)35-36)28(40)34-29-33-22-14-20(27(30)39)15-24-26(22)37(29)21(17-41-24)8-4-5-12-32-25(38)10-9-19-7-6-11-31-16-19/h6-7,9-11,13-16,21H,3-5,8,12,17H2,1-2H3,(H2,30,39)(H,32,38)(H,33,34,40)/b10-9+. The summed E-state index contributed by atoms with van der Waals surface area (Å²) in [5.41, 5.74) is 9.03. The zero-order chi connectivity index (χ0) is 28.9. The monoisotopic (exact) mass is 556 g/mol. The molecule has 5 rings (SSSR count). The Hall–Kier alpha value is -5.00. The molecular formula is C29H32N8O4. The van der Waals surface area contributed by atoms with Crippen molar-refractivity contribution in [3.63, 3.8) is 0 Å². The number of nitrogens with two attached hydrogens (primary N) is 1. The number of unbranched alkanes of at least 4 members (excludes halogenated alkanes) is 1. The molecule has 0 fully saturated rings. The molecule has 0 aliphatic carbocycles. The van der Waals surface area contributed by atoms with Gasteiger partial charge in [0.2, 0.25) is 17.8 Å². The van der Waals surface area contributed by atoms with Crippen molar-refractivity contribution in [2.24, 2.45) is 5.73 Å². The molecule has 0 radical (unpaired) electrons. The number of imidazole rings is 1. The number of hydrogen-bond donors (Lipinski definition) is 3. The van der Waals surface area contributed by atoms with Crippen LogP contribution >= 0.6 is 0 Å². The number of aryl methyl sites for hydroxylation is 2. The second-order valence-electron chi connectivity index (χ2n) is 9.82. The van der Waals surface area contributed by atoms with E-state index < -0.39 is 5.91 Å². The first-order valence-corrected chi connectivity index (χ1v) is 13.5. The molecule has 3 aromatic heterocycles. The van der Waals surface area contributed by atoms with Gasteiger partial charge in [-0.25, -0.2) is 4.98 Å². The van der Waals surface area contributed by atoms with Gasteiger partial charge in [-0.2, -0.15) is 5.10 Å². The number of aromatic nitrogens is 5. The zero-order valence-electron chi connectivity index (χ0n) is 23.0. The molecule has 1 atom stereocenters. The smallest absolute Gasteiger partial charge is 0.276 e. The summed E-state index contributed by atoms with van der Waals surface area (Å²) in [6.07, 6.45) is 8.85. The van der Waals surface area contributed by atoms with Gasteiger partial charge in [-0.1, -0.05) is 6.07 Å². The lowest BCUT2D eigenvalue weighted by Crippen LogP contribution is -2.26. The van der Waals surface area contributed by atoms with Crippen LogP contribution in [0.4, 0.5) is 5.95 Å². The van der Waals surface area contributed by atoms with E-state index in [1.54, 1.807) is 41.4 Å². The highest BCUT2D eigenvalue weighted by atomic mass is 16.5. The first-order chi connectivity index (χ1) is 19.8. The fourth-order valence-electron chi connectivity index (χ4n) is 4.92. The van der Waals surface area contributed by atoms with Gasteiger partial charge in [0.15, 0.2) is 0 Å². The van der Waals surface area contributed by atoms with Crippen molar-refractivity contribution in [3.8, 4) is 5.75 Å². The van der Waals surface area contributed by atoms with Gasteiger partial charge in [0.25, 0.3) is 5.91 Å². The van der Waals surface area contributed by atoms with Gasteiger partial charge in [0, 0.05) is 37.1 Å². The van der Waals surface area contributed by atoms with Crippen molar-refractivity contribution >= 4 is 40.8 Å². The molecule has 1 unspecified atom stereocenters. The van der Waals surface area contributed by atoms with Gasteiger partial charge in [0.05, 0.1) is 17.3 Å². The maximum atomic E-state index is 13.3. The summed E-state index contributed by atoms with van der Waals surface area (Å²) in [4.78, 5) is 46.0. The highest BCUT2D eigenvalue weighted by Gasteiger charge is 2.29. The molecule has 3 amide bonds. The second-order valence-corrected chi connectivity index (χ2v) is 9.82. The summed E-state index contributed by atoms with van der Waals surface area (Å²) in [5.74, 6) is -0.243. The lowest BCUT2D eigenvalue weighted by molar-refractivity contribution is -0.116. The minimum Gasteiger partial charge on any atom is -0.489 e. The van der Waals surface area contributed by atoms with Crippen molar-refractivity contribution in [3.05, 3.63) is 71.3 Å². The van der Waals surface area contributed by atoms with Crippen molar-refractivity contribution in [1.82, 2.24) is 29.6 Å². The van der Waals surface area contributed by atoms with Gasteiger partial charge < -0.3 is 20.4 Å². The molecule has 12 heteroatoms. The van der Waals surface area contributed by atoms with E-state index in [9.17, 15) is 14.4 Å². The van der Waals surface area contributed by atoms with E-state index in [0.717, 1.165) is 30.5 Å². The molecule has 4 aromatic rings. The van der Waals surface area contributed by atoms with Crippen molar-refractivity contribution in [2.75, 3.05) is 18.5 Å². The Bertz CT molecular complexity index is 1620. The Balaban J connectivity index is 1.29. The summed E-state index contributed by atoms with van der Waals surface area (Å²) in [6.45, 7) is 5.15. The molecule has 0 bridgehead atoms. The maximum absolute atomic E-state index is 13.3. The van der Waals surface area contributed by atoms with E-state index >= 15 is 0 Å². The minimum absolute atomic E-state index is 0.124. The van der Waals surface area contributed by atoms with Crippen molar-refractivity contribution in [1.29, 1.82) is 0 Å². The summed E-state index contributed by atoms with van der Waals surface area (Å²) < 4.78 is 9.64. The maximum Gasteiger partial charge on any atom is 0.276 e. The molecule has 4 N–H and O–H groups in total. The molecule has 0 saturated heterocycles. The fraction of sp³-hybridized carbons (Fsp3) is 0.310. The minimum atomic E-state index is -0.589. The zero-order valence-corrected chi connectivity index (χ0v) is 23.0. The van der Waals surface area contributed by atoms with E-state index in [1.165, 1.54) is 6.08 Å². The number of carbonyl (C=O) groups excluding carboxylic acids is 3. The number of anilines is 1. The van der Waals surface area contributed by atoms with Gasteiger partial charge in [-0.05, 0) is 69.0 Å². The lowest BCUT2D eigenvalue weighted by atomic mass is 10.1. The first kappa shape index (κ1) is 27.6. The predicted molar refractivity (Wildman–Crippen MR) is 154 cm³/mol. The Morgan fingerprint density at radius 1 is 1.22 bits per heavy atom. The van der Waals surface area contributed by atoms with E-state index in [2.05, 4.69) is 25.7 Å². The highest BCUT2D eigenvalue weighted by molar-refractivity contribution is 6.04. The number of hydrogen-bond acceptors (Lipinski definition) is 7. The molecule has 0 spiro atoms. The Morgan fingerprint density at radius 3 is 2.83 bits per heavy atom. The molecule has 1 aliphatic heterocycles. The van der Waals surface area contributed by atoms with Crippen LogP contribution in [0.25, 0.3) is 17.1 Å².